The van der Waals surface area contributed by atoms with Gasteiger partial charge in [0, 0.05) is 11.6 Å². The van der Waals surface area contributed by atoms with Crippen LogP contribution in [0.25, 0.3) is 22.3 Å². The van der Waals surface area contributed by atoms with E-state index in [-0.39, 0.29) is 39.7 Å². The molecule has 0 amide bonds. The fourth-order valence-corrected chi connectivity index (χ4v) is 3.78. The molecule has 0 aliphatic carbocycles. The highest BCUT2D eigenvalue weighted by Crippen LogP contribution is 2.51. The standard InChI is InChI=1S/C23H24O11/c1-9-15(26)17(28)18(29)23(32-9)34-22-20(30-2)16(27)14-12(25)8-13(33-19(14)21(22)31-3)10-4-6-11(24)7-5-10/h4-9,15,17-18,23-24,26-29H,1-3H3. The fourth-order valence-electron chi connectivity index (χ4n) is 3.78. The van der Waals surface area contributed by atoms with Crippen molar-refractivity contribution in [3.63, 3.8) is 0 Å². The average molecular weight is 476 g/mol. The Morgan fingerprint density at radius 2 is 1.53 bits per heavy atom. The Hall–Kier alpha value is -3.51. The van der Waals surface area contributed by atoms with Gasteiger partial charge in [0.2, 0.25) is 23.5 Å². The molecule has 1 saturated heterocycles. The maximum atomic E-state index is 12.9. The second-order valence-electron chi connectivity index (χ2n) is 7.77. The number of phenolic OH excluding ortho intramolecular Hbond substituents is 2. The van der Waals surface area contributed by atoms with Crippen LogP contribution in [0.1, 0.15) is 6.92 Å². The molecule has 1 fully saturated rings. The number of fused-ring (bicyclic) bond motifs is 1. The molecule has 0 bridgehead atoms. The number of phenols is 2. The Balaban J connectivity index is 1.91. The number of methoxy groups -OCH3 is 2. The predicted molar refractivity (Wildman–Crippen MR) is 117 cm³/mol. The smallest absolute Gasteiger partial charge is 0.229 e. The number of rotatable bonds is 5. The van der Waals surface area contributed by atoms with Crippen LogP contribution in [-0.4, -0.2) is 70.5 Å². The Labute approximate surface area is 192 Å². The van der Waals surface area contributed by atoms with Gasteiger partial charge in [-0.2, -0.15) is 0 Å². The second-order valence-corrected chi connectivity index (χ2v) is 7.77. The number of aromatic hydroxyl groups is 2. The van der Waals surface area contributed by atoms with Gasteiger partial charge in [-0.3, -0.25) is 4.79 Å². The molecule has 5 atom stereocenters. The fraction of sp³-hybridized carbons (Fsp3) is 0.348. The van der Waals surface area contributed by atoms with Crippen LogP contribution >= 0.6 is 0 Å². The van der Waals surface area contributed by atoms with Gasteiger partial charge in [-0.25, -0.2) is 0 Å². The first-order chi connectivity index (χ1) is 16.2. The van der Waals surface area contributed by atoms with Gasteiger partial charge in [-0.1, -0.05) is 0 Å². The van der Waals surface area contributed by atoms with E-state index in [1.165, 1.54) is 51.5 Å². The monoisotopic (exact) mass is 476 g/mol. The third-order valence-corrected chi connectivity index (χ3v) is 5.62. The van der Waals surface area contributed by atoms with Crippen molar-refractivity contribution < 1.29 is 48.9 Å². The lowest BCUT2D eigenvalue weighted by molar-refractivity contribution is -0.268. The van der Waals surface area contributed by atoms with Crippen LogP contribution in [-0.2, 0) is 4.74 Å². The normalized spacial score (nSPS) is 24.7. The van der Waals surface area contributed by atoms with Crippen molar-refractivity contribution in [2.75, 3.05) is 14.2 Å². The number of benzene rings is 2. The van der Waals surface area contributed by atoms with Crippen molar-refractivity contribution in [3.05, 3.63) is 40.6 Å². The van der Waals surface area contributed by atoms with Crippen molar-refractivity contribution in [3.8, 4) is 40.1 Å². The van der Waals surface area contributed by atoms with E-state index in [2.05, 4.69) is 0 Å². The molecule has 2 heterocycles. The first-order valence-corrected chi connectivity index (χ1v) is 10.3. The van der Waals surface area contributed by atoms with Crippen LogP contribution in [0.3, 0.4) is 0 Å². The first-order valence-electron chi connectivity index (χ1n) is 10.3. The van der Waals surface area contributed by atoms with Crippen LogP contribution in [0.4, 0.5) is 0 Å². The summed E-state index contributed by atoms with van der Waals surface area (Å²) in [5.74, 6) is -1.16. The summed E-state index contributed by atoms with van der Waals surface area (Å²) in [6.45, 7) is 1.48. The van der Waals surface area contributed by atoms with Crippen molar-refractivity contribution in [1.29, 1.82) is 0 Å². The molecule has 1 aromatic heterocycles. The molecule has 182 valence electrons. The van der Waals surface area contributed by atoms with Crippen LogP contribution in [0.15, 0.2) is 39.5 Å². The Morgan fingerprint density at radius 1 is 0.882 bits per heavy atom. The topological polar surface area (TPSA) is 168 Å². The molecular weight excluding hydrogens is 452 g/mol. The summed E-state index contributed by atoms with van der Waals surface area (Å²) in [6.07, 6.45) is -6.96. The summed E-state index contributed by atoms with van der Waals surface area (Å²) >= 11 is 0. The molecule has 5 unspecified atom stereocenters. The molecule has 1 aliphatic heterocycles. The molecule has 1 aliphatic rings. The van der Waals surface area contributed by atoms with Gasteiger partial charge in [0.1, 0.15) is 35.2 Å². The van der Waals surface area contributed by atoms with Gasteiger partial charge in [0.15, 0.2) is 16.8 Å². The summed E-state index contributed by atoms with van der Waals surface area (Å²) < 4.78 is 27.8. The van der Waals surface area contributed by atoms with Gasteiger partial charge in [-0.15, -0.1) is 0 Å². The Bertz CT molecular complexity index is 1250. The zero-order chi connectivity index (χ0) is 24.7. The molecule has 11 nitrogen and oxygen atoms in total. The van der Waals surface area contributed by atoms with Crippen molar-refractivity contribution in [2.24, 2.45) is 0 Å². The number of hydrogen-bond donors (Lipinski definition) is 5. The third kappa shape index (κ3) is 3.88. The van der Waals surface area contributed by atoms with Gasteiger partial charge in [0.25, 0.3) is 0 Å². The van der Waals surface area contributed by atoms with Gasteiger partial charge >= 0.3 is 0 Å². The summed E-state index contributed by atoms with van der Waals surface area (Å²) in [7, 11) is 2.49. The van der Waals surface area contributed by atoms with E-state index in [9.17, 15) is 30.3 Å². The summed E-state index contributed by atoms with van der Waals surface area (Å²) in [5.41, 5.74) is -0.315. The zero-order valence-electron chi connectivity index (χ0n) is 18.5. The molecule has 0 spiro atoms. The molecule has 5 N–H and O–H groups in total. The highest BCUT2D eigenvalue weighted by atomic mass is 16.7. The van der Waals surface area contributed by atoms with E-state index in [0.717, 1.165) is 0 Å². The van der Waals surface area contributed by atoms with Crippen LogP contribution in [0.5, 0.6) is 28.7 Å². The third-order valence-electron chi connectivity index (χ3n) is 5.62. The second kappa shape index (κ2) is 9.03. The van der Waals surface area contributed by atoms with Crippen LogP contribution < -0.4 is 19.6 Å². The number of aliphatic hydroxyl groups excluding tert-OH is 3. The van der Waals surface area contributed by atoms with Crippen LogP contribution in [0, 0.1) is 0 Å². The van der Waals surface area contributed by atoms with E-state index in [0.29, 0.717) is 5.56 Å². The van der Waals surface area contributed by atoms with Crippen molar-refractivity contribution in [2.45, 2.75) is 37.6 Å². The summed E-state index contributed by atoms with van der Waals surface area (Å²) in [5, 5.41) is 50.5. The van der Waals surface area contributed by atoms with Crippen LogP contribution in [0.2, 0.25) is 0 Å². The summed E-state index contributed by atoms with van der Waals surface area (Å²) in [4.78, 5) is 12.9. The number of hydrogen-bond acceptors (Lipinski definition) is 11. The van der Waals surface area contributed by atoms with E-state index in [1.807, 2.05) is 0 Å². The largest absolute Gasteiger partial charge is 0.508 e. The quantitative estimate of drug-likeness (QED) is 0.357. The van der Waals surface area contributed by atoms with Crippen molar-refractivity contribution >= 4 is 11.0 Å². The average Bonchev–Trinajstić information content (AvgIpc) is 2.81. The Kier molecular flexibility index (Phi) is 6.28. The maximum absolute atomic E-state index is 12.9. The van der Waals surface area contributed by atoms with Crippen molar-refractivity contribution in [1.82, 2.24) is 0 Å². The molecule has 4 rings (SSSR count). The minimum absolute atomic E-state index is 0.0232. The molecule has 2 aromatic carbocycles. The van der Waals surface area contributed by atoms with Gasteiger partial charge in [-0.05, 0) is 31.2 Å². The minimum atomic E-state index is -1.66. The zero-order valence-corrected chi connectivity index (χ0v) is 18.5. The Morgan fingerprint density at radius 3 is 2.15 bits per heavy atom. The number of aliphatic hydroxyl groups is 3. The number of ether oxygens (including phenoxy) is 4. The SMILES string of the molecule is COc1c(OC2OC(C)C(O)C(O)C2O)c(OC)c2oc(-c3ccc(O)cc3)cc(=O)c2c1O. The highest BCUT2D eigenvalue weighted by Gasteiger charge is 2.44. The molecule has 3 aromatic rings. The van der Waals surface area contributed by atoms with E-state index >= 15 is 0 Å². The van der Waals surface area contributed by atoms with E-state index in [1.54, 1.807) is 0 Å². The van der Waals surface area contributed by atoms with E-state index in [4.69, 9.17) is 23.4 Å². The predicted octanol–water partition coefficient (Wildman–Crippen LogP) is 1.09. The van der Waals surface area contributed by atoms with Gasteiger partial charge < -0.3 is 48.9 Å². The lowest BCUT2D eigenvalue weighted by Gasteiger charge is -2.39. The van der Waals surface area contributed by atoms with Gasteiger partial charge in [0.05, 0.1) is 20.3 Å². The summed E-state index contributed by atoms with van der Waals surface area (Å²) in [6, 6.07) is 7.07. The first kappa shape index (κ1) is 23.6. The molecule has 0 saturated carbocycles. The lowest BCUT2D eigenvalue weighted by atomic mass is 10.00. The maximum Gasteiger partial charge on any atom is 0.229 e. The molecule has 0 radical (unpaired) electrons. The molecular formula is C23H24O11. The highest BCUT2D eigenvalue weighted by molar-refractivity contribution is 5.95. The lowest BCUT2D eigenvalue weighted by Crippen LogP contribution is -2.58. The van der Waals surface area contributed by atoms with E-state index < -0.39 is 41.9 Å². The minimum Gasteiger partial charge on any atom is -0.508 e. The molecule has 34 heavy (non-hydrogen) atoms. The molecule has 11 heteroatoms.